The van der Waals surface area contributed by atoms with E-state index in [9.17, 15) is 4.79 Å². The van der Waals surface area contributed by atoms with Gasteiger partial charge in [0, 0.05) is 50.8 Å². The van der Waals surface area contributed by atoms with Crippen molar-refractivity contribution in [3.8, 4) is 0 Å². The highest BCUT2D eigenvalue weighted by Crippen LogP contribution is 2.35. The lowest BCUT2D eigenvalue weighted by atomic mass is 9.94. The Morgan fingerprint density at radius 1 is 1.16 bits per heavy atom. The number of aromatic nitrogens is 2. The number of nitrogens with zero attached hydrogens (tertiary/aromatic N) is 5. The highest BCUT2D eigenvalue weighted by molar-refractivity contribution is 5.92. The van der Waals surface area contributed by atoms with E-state index in [-0.39, 0.29) is 12.0 Å². The zero-order valence-electron chi connectivity index (χ0n) is 26.2. The molecule has 0 radical (unpaired) electrons. The van der Waals surface area contributed by atoms with Crippen molar-refractivity contribution in [2.75, 3.05) is 37.6 Å². The van der Waals surface area contributed by atoms with Crippen molar-refractivity contribution in [2.24, 2.45) is 5.92 Å². The van der Waals surface area contributed by atoms with Crippen LogP contribution in [-0.4, -0.2) is 64.5 Å². The van der Waals surface area contributed by atoms with Crippen LogP contribution in [0.1, 0.15) is 88.9 Å². The lowest BCUT2D eigenvalue weighted by Gasteiger charge is -2.35. The third-order valence-electron chi connectivity index (χ3n) is 8.81. The van der Waals surface area contributed by atoms with E-state index >= 15 is 0 Å². The van der Waals surface area contributed by atoms with Gasteiger partial charge in [0.05, 0.1) is 11.7 Å². The molecule has 3 heterocycles. The predicted octanol–water partition coefficient (Wildman–Crippen LogP) is 6.45. The lowest BCUT2D eigenvalue weighted by Crippen LogP contribution is -2.39. The van der Waals surface area contributed by atoms with Crippen molar-refractivity contribution in [1.82, 2.24) is 25.2 Å². The van der Waals surface area contributed by atoms with E-state index in [0.717, 1.165) is 77.7 Å². The minimum absolute atomic E-state index is 0.0166. The van der Waals surface area contributed by atoms with E-state index in [1.54, 1.807) is 12.4 Å². The average Bonchev–Trinajstić information content (AvgIpc) is 3.29. The molecule has 1 atom stereocenters. The number of rotatable bonds is 12. The fraction of sp³-hybridized carbons (Fsp3) is 0.543. The Labute approximate surface area is 257 Å². The summed E-state index contributed by atoms with van der Waals surface area (Å²) in [6.07, 6.45) is 26.3. The summed E-state index contributed by atoms with van der Waals surface area (Å²) in [5, 5.41) is 0. The van der Waals surface area contributed by atoms with E-state index in [4.69, 9.17) is 4.84 Å². The maximum absolute atomic E-state index is 12.5. The molecule has 43 heavy (non-hydrogen) atoms. The van der Waals surface area contributed by atoms with Gasteiger partial charge in [-0.05, 0) is 86.8 Å². The Kier molecular flexibility index (Phi) is 10.9. The zero-order valence-corrected chi connectivity index (χ0v) is 26.2. The van der Waals surface area contributed by atoms with Gasteiger partial charge in [0.2, 0.25) is 5.95 Å². The number of amides is 1. The van der Waals surface area contributed by atoms with Crippen LogP contribution in [0, 0.1) is 5.92 Å². The molecule has 2 fully saturated rings. The Balaban J connectivity index is 1.12. The molecule has 5 rings (SSSR count). The second kappa shape index (κ2) is 15.2. The number of hydrogen-bond acceptors (Lipinski definition) is 7. The molecule has 1 aromatic heterocycles. The van der Waals surface area contributed by atoms with Crippen LogP contribution < -0.4 is 10.4 Å². The first-order chi connectivity index (χ1) is 21.1. The van der Waals surface area contributed by atoms with Crippen LogP contribution in [0.5, 0.6) is 0 Å². The standard InChI is InChI=1S/C35H48N6O2/c1-4-6-7-13-27(3)43-38-34(42)30-24-36-35(37-25-30)39-20-18-28(19-21-39)26-40-22-23-41(33(40)12-5-2)32-17-11-9-15-29-14-8-10-16-31(29)32/h8,11-12,14-15,17,24-25,27-28H,4-7,10,13,16,18-23,26H2,1-3H3,(H,38,42). The normalized spacial score (nSPS) is 20.5. The van der Waals surface area contributed by atoms with Crippen LogP contribution in [-0.2, 0) is 4.84 Å². The molecule has 8 nitrogen and oxygen atoms in total. The minimum Gasteiger partial charge on any atom is -0.356 e. The summed E-state index contributed by atoms with van der Waals surface area (Å²) in [7, 11) is 0. The molecule has 0 spiro atoms. The van der Waals surface area contributed by atoms with Gasteiger partial charge in [0.25, 0.3) is 5.91 Å². The summed E-state index contributed by atoms with van der Waals surface area (Å²) in [4.78, 5) is 34.4. The van der Waals surface area contributed by atoms with Gasteiger partial charge in [0.1, 0.15) is 5.82 Å². The fourth-order valence-corrected chi connectivity index (χ4v) is 6.37. The second-order valence-corrected chi connectivity index (χ2v) is 12.0. The molecule has 1 unspecified atom stereocenters. The largest absolute Gasteiger partial charge is 0.356 e. The van der Waals surface area contributed by atoms with Crippen LogP contribution in [0.2, 0.25) is 0 Å². The third-order valence-corrected chi connectivity index (χ3v) is 8.81. The molecule has 230 valence electrons. The Bertz CT molecular complexity index is 1300. The van der Waals surface area contributed by atoms with Gasteiger partial charge in [0.15, 0.2) is 0 Å². The van der Waals surface area contributed by atoms with Crippen LogP contribution in [0.3, 0.4) is 0 Å². The quantitative estimate of drug-likeness (QED) is 0.172. The molecule has 1 N–H and O–H groups in total. The number of carbonyl (C=O) groups is 1. The number of carbonyl (C=O) groups excluding carboxylic acids is 1. The van der Waals surface area contributed by atoms with E-state index < -0.39 is 0 Å². The molecule has 4 aliphatic rings. The number of nitrogens with one attached hydrogen (secondary N) is 1. The van der Waals surface area contributed by atoms with Crippen molar-refractivity contribution >= 4 is 11.9 Å². The van der Waals surface area contributed by atoms with Crippen molar-refractivity contribution in [2.45, 2.75) is 84.7 Å². The van der Waals surface area contributed by atoms with E-state index in [1.807, 2.05) is 6.92 Å². The van der Waals surface area contributed by atoms with Crippen molar-refractivity contribution in [3.05, 3.63) is 82.8 Å². The summed E-state index contributed by atoms with van der Waals surface area (Å²) in [6.45, 7) is 11.4. The maximum Gasteiger partial charge on any atom is 0.277 e. The van der Waals surface area contributed by atoms with Gasteiger partial charge in [-0.1, -0.05) is 45.3 Å². The first-order valence-corrected chi connectivity index (χ1v) is 16.4. The van der Waals surface area contributed by atoms with Gasteiger partial charge in [-0.3, -0.25) is 9.63 Å². The smallest absolute Gasteiger partial charge is 0.277 e. The van der Waals surface area contributed by atoms with Crippen LogP contribution in [0.25, 0.3) is 0 Å². The fourth-order valence-electron chi connectivity index (χ4n) is 6.37. The molecular formula is C35H48N6O2. The summed E-state index contributed by atoms with van der Waals surface area (Å²) in [5.74, 6) is 2.36. The monoisotopic (exact) mass is 584 g/mol. The predicted molar refractivity (Wildman–Crippen MR) is 172 cm³/mol. The molecular weight excluding hydrogens is 536 g/mol. The van der Waals surface area contributed by atoms with E-state index in [1.165, 1.54) is 35.5 Å². The molecule has 1 amide bonds. The third kappa shape index (κ3) is 7.87. The van der Waals surface area contributed by atoms with E-state index in [0.29, 0.717) is 17.4 Å². The van der Waals surface area contributed by atoms with Crippen molar-refractivity contribution in [1.29, 1.82) is 0 Å². The summed E-state index contributed by atoms with van der Waals surface area (Å²) >= 11 is 0. The average molecular weight is 585 g/mol. The number of unbranched alkanes of at least 4 members (excludes halogenated alkanes) is 2. The summed E-state index contributed by atoms with van der Waals surface area (Å²) < 4.78 is 0. The van der Waals surface area contributed by atoms with Crippen molar-refractivity contribution < 1.29 is 9.63 Å². The Morgan fingerprint density at radius 2 is 1.98 bits per heavy atom. The summed E-state index contributed by atoms with van der Waals surface area (Å²) in [5.41, 5.74) is 10.4. The molecule has 0 aromatic carbocycles. The molecule has 2 aliphatic carbocycles. The van der Waals surface area contributed by atoms with Crippen LogP contribution >= 0.6 is 0 Å². The molecule has 0 bridgehead atoms. The van der Waals surface area contributed by atoms with Crippen LogP contribution in [0.4, 0.5) is 5.95 Å². The maximum atomic E-state index is 12.5. The second-order valence-electron chi connectivity index (χ2n) is 12.0. The Morgan fingerprint density at radius 3 is 2.74 bits per heavy atom. The van der Waals surface area contributed by atoms with Gasteiger partial charge in [-0.15, -0.1) is 5.73 Å². The van der Waals surface area contributed by atoms with Gasteiger partial charge in [-0.2, -0.15) is 0 Å². The number of piperidine rings is 1. The minimum atomic E-state index is -0.303. The Hall–Kier alpha value is -3.61. The highest BCUT2D eigenvalue weighted by atomic mass is 16.7. The highest BCUT2D eigenvalue weighted by Gasteiger charge is 2.32. The van der Waals surface area contributed by atoms with E-state index in [2.05, 4.69) is 86.2 Å². The number of allylic oxidation sites excluding steroid dienone is 7. The first kappa shape index (κ1) is 30.8. The lowest BCUT2D eigenvalue weighted by molar-refractivity contribution is -0.0119. The first-order valence-electron chi connectivity index (χ1n) is 16.4. The molecule has 1 aromatic rings. The zero-order chi connectivity index (χ0) is 30.0. The van der Waals surface area contributed by atoms with Crippen LogP contribution in [0.15, 0.2) is 77.2 Å². The molecule has 2 saturated heterocycles. The SMILES string of the molecule is CCC=C1N(CC2CCN(c3ncc(C(=O)NOC(C)CCCCC)cn3)CC2)CCN1C1=CC=C=CC2=C1CCC=C2. The van der Waals surface area contributed by atoms with Gasteiger partial charge < -0.3 is 14.7 Å². The van der Waals surface area contributed by atoms with Gasteiger partial charge >= 0.3 is 0 Å². The topological polar surface area (TPSA) is 73.8 Å². The number of hydrogen-bond donors (Lipinski definition) is 1. The summed E-state index contributed by atoms with van der Waals surface area (Å²) in [6, 6.07) is 0. The van der Waals surface area contributed by atoms with Gasteiger partial charge in [-0.25, -0.2) is 15.4 Å². The molecule has 2 aliphatic heterocycles. The molecule has 0 saturated carbocycles. The molecule has 8 heteroatoms. The number of anilines is 1. The number of hydroxylamine groups is 1. The van der Waals surface area contributed by atoms with Crippen molar-refractivity contribution in [3.63, 3.8) is 0 Å².